The molecule has 0 saturated carbocycles. The van der Waals surface area contributed by atoms with E-state index in [4.69, 9.17) is 16.3 Å². The van der Waals surface area contributed by atoms with Crippen LogP contribution in [0, 0.1) is 0 Å². The number of hydrogen-bond acceptors (Lipinski definition) is 5. The summed E-state index contributed by atoms with van der Waals surface area (Å²) < 4.78 is 5.32. The summed E-state index contributed by atoms with van der Waals surface area (Å²) in [5.41, 5.74) is 1.06. The minimum Gasteiger partial charge on any atom is -0.379 e. The normalized spacial score (nSPS) is 16.8. The first-order valence-corrected chi connectivity index (χ1v) is 9.13. The first kappa shape index (κ1) is 17.4. The topological polar surface area (TPSA) is 54.5 Å². The molecule has 1 aliphatic rings. The number of halogens is 1. The van der Waals surface area contributed by atoms with Crippen molar-refractivity contribution in [2.24, 2.45) is 0 Å². The van der Waals surface area contributed by atoms with Crippen molar-refractivity contribution in [1.82, 2.24) is 9.88 Å². The van der Waals surface area contributed by atoms with Crippen molar-refractivity contribution in [2.45, 2.75) is 19.4 Å². The van der Waals surface area contributed by atoms with E-state index < -0.39 is 0 Å². The lowest BCUT2D eigenvalue weighted by Crippen LogP contribution is -2.47. The number of carbonyl (C=O) groups excluding carboxylic acids is 1. The Kier molecular flexibility index (Phi) is 5.84. The molecule has 7 heteroatoms. The van der Waals surface area contributed by atoms with Crippen LogP contribution in [0.1, 0.15) is 17.4 Å². The molecule has 0 radical (unpaired) electrons. The zero-order valence-corrected chi connectivity index (χ0v) is 15.1. The molecule has 128 valence electrons. The summed E-state index contributed by atoms with van der Waals surface area (Å²) in [6.07, 6.45) is 2.51. The summed E-state index contributed by atoms with van der Waals surface area (Å²) in [5.74, 6) is -0.0319. The molecule has 1 N–H and O–H groups in total. The molecule has 5 nitrogen and oxygen atoms in total. The van der Waals surface area contributed by atoms with Gasteiger partial charge in [-0.15, -0.1) is 11.3 Å². The number of amides is 1. The molecule has 2 aromatic rings. The Hall–Kier alpha value is -1.47. The first-order valence-electron chi connectivity index (χ1n) is 7.94. The Morgan fingerprint density at radius 2 is 2.17 bits per heavy atom. The highest BCUT2D eigenvalue weighted by atomic mass is 35.5. The minimum absolute atomic E-state index is 0.0319. The van der Waals surface area contributed by atoms with E-state index in [1.54, 1.807) is 6.20 Å². The quantitative estimate of drug-likeness (QED) is 0.884. The number of carbonyl (C=O) groups is 1. The van der Waals surface area contributed by atoms with Gasteiger partial charge in [0, 0.05) is 35.6 Å². The molecular weight excluding hydrogens is 346 g/mol. The molecule has 1 aliphatic heterocycles. The zero-order chi connectivity index (χ0) is 16.9. The summed E-state index contributed by atoms with van der Waals surface area (Å²) >= 11 is 7.68. The lowest BCUT2D eigenvalue weighted by molar-refractivity contribution is -0.122. The van der Waals surface area contributed by atoms with Crippen molar-refractivity contribution in [3.63, 3.8) is 0 Å². The lowest BCUT2D eigenvalue weighted by Gasteiger charge is -2.31. The predicted octanol–water partition coefficient (Wildman–Crippen LogP) is 3.05. The molecule has 0 aliphatic carbocycles. The number of anilines is 1. The molecule has 1 aromatic heterocycles. The highest BCUT2D eigenvalue weighted by molar-refractivity contribution is 7.15. The number of benzene rings is 1. The number of nitrogens with one attached hydrogen (secondary N) is 1. The van der Waals surface area contributed by atoms with Crippen LogP contribution < -0.4 is 5.32 Å². The van der Waals surface area contributed by atoms with Crippen LogP contribution in [0.2, 0.25) is 5.02 Å². The van der Waals surface area contributed by atoms with E-state index in [1.165, 1.54) is 11.3 Å². The van der Waals surface area contributed by atoms with Crippen molar-refractivity contribution in [2.75, 3.05) is 31.6 Å². The van der Waals surface area contributed by atoms with E-state index in [-0.39, 0.29) is 11.9 Å². The molecular formula is C17H20ClN3O2S. The molecule has 2 heterocycles. The fourth-order valence-corrected chi connectivity index (χ4v) is 3.66. The van der Waals surface area contributed by atoms with Gasteiger partial charge in [0.25, 0.3) is 0 Å². The van der Waals surface area contributed by atoms with E-state index in [0.29, 0.717) is 24.8 Å². The maximum absolute atomic E-state index is 12.4. The molecule has 0 spiro atoms. The summed E-state index contributed by atoms with van der Waals surface area (Å²) in [4.78, 5) is 19.9. The summed E-state index contributed by atoms with van der Waals surface area (Å²) in [6, 6.07) is 7.57. The van der Waals surface area contributed by atoms with Gasteiger partial charge in [0.15, 0.2) is 5.13 Å². The van der Waals surface area contributed by atoms with Gasteiger partial charge in [-0.05, 0) is 18.6 Å². The van der Waals surface area contributed by atoms with Crippen LogP contribution >= 0.6 is 22.9 Å². The Morgan fingerprint density at radius 1 is 1.42 bits per heavy atom. The molecule has 3 rings (SSSR count). The number of aromatic nitrogens is 1. The molecule has 24 heavy (non-hydrogen) atoms. The Labute approximate surface area is 150 Å². The number of rotatable bonds is 5. The fraction of sp³-hybridized carbons (Fsp3) is 0.412. The monoisotopic (exact) mass is 365 g/mol. The highest BCUT2D eigenvalue weighted by Gasteiger charge is 2.23. The van der Waals surface area contributed by atoms with E-state index in [0.717, 1.165) is 28.6 Å². The van der Waals surface area contributed by atoms with Crippen LogP contribution in [0.3, 0.4) is 0 Å². The third-order valence-electron chi connectivity index (χ3n) is 4.08. The SMILES string of the molecule is CC(C(=O)Nc1ncc(Cc2ccccc2Cl)s1)N1CCOCC1. The van der Waals surface area contributed by atoms with Crippen LogP contribution in [0.4, 0.5) is 5.13 Å². The number of morpholine rings is 1. The van der Waals surface area contributed by atoms with Crippen LogP contribution in [0.15, 0.2) is 30.5 Å². The fourth-order valence-electron chi connectivity index (χ4n) is 2.62. The standard InChI is InChI=1S/C17H20ClN3O2S/c1-12(21-6-8-23-9-7-21)16(22)20-17-19-11-14(24-17)10-13-4-2-3-5-15(13)18/h2-5,11-12H,6-10H2,1H3,(H,19,20,22). The smallest absolute Gasteiger partial charge is 0.243 e. The largest absolute Gasteiger partial charge is 0.379 e. The van der Waals surface area contributed by atoms with Gasteiger partial charge in [0.1, 0.15) is 0 Å². The van der Waals surface area contributed by atoms with Crippen molar-refractivity contribution < 1.29 is 9.53 Å². The molecule has 1 amide bonds. The summed E-state index contributed by atoms with van der Waals surface area (Å²) in [5, 5.41) is 4.29. The molecule has 1 aromatic carbocycles. The molecule has 0 bridgehead atoms. The van der Waals surface area contributed by atoms with Crippen LogP contribution in [-0.4, -0.2) is 48.1 Å². The molecule has 1 atom stereocenters. The molecule has 1 saturated heterocycles. The van der Waals surface area contributed by atoms with Crippen molar-refractivity contribution in [3.8, 4) is 0 Å². The van der Waals surface area contributed by atoms with E-state index in [1.807, 2.05) is 31.2 Å². The maximum Gasteiger partial charge on any atom is 0.243 e. The van der Waals surface area contributed by atoms with Crippen LogP contribution in [0.25, 0.3) is 0 Å². The Balaban J connectivity index is 1.59. The average Bonchev–Trinajstić information content (AvgIpc) is 3.04. The van der Waals surface area contributed by atoms with Gasteiger partial charge >= 0.3 is 0 Å². The summed E-state index contributed by atoms with van der Waals surface area (Å²) in [7, 11) is 0. The number of ether oxygens (including phenoxy) is 1. The molecule has 1 unspecified atom stereocenters. The number of thiazole rings is 1. The first-order chi connectivity index (χ1) is 11.6. The number of nitrogens with zero attached hydrogens (tertiary/aromatic N) is 2. The predicted molar refractivity (Wildman–Crippen MR) is 96.9 cm³/mol. The average molecular weight is 366 g/mol. The van der Waals surface area contributed by atoms with Gasteiger partial charge in [-0.1, -0.05) is 29.8 Å². The second kappa shape index (κ2) is 8.07. The van der Waals surface area contributed by atoms with E-state index >= 15 is 0 Å². The maximum atomic E-state index is 12.4. The molecule has 1 fully saturated rings. The Bertz CT molecular complexity index is 701. The van der Waals surface area contributed by atoms with Gasteiger partial charge in [0.05, 0.1) is 19.3 Å². The number of hydrogen-bond donors (Lipinski definition) is 1. The Morgan fingerprint density at radius 3 is 2.92 bits per heavy atom. The second-order valence-corrected chi connectivity index (χ2v) is 7.24. The van der Waals surface area contributed by atoms with Crippen LogP contribution in [-0.2, 0) is 16.0 Å². The second-order valence-electron chi connectivity index (χ2n) is 5.71. The lowest BCUT2D eigenvalue weighted by atomic mass is 10.1. The van der Waals surface area contributed by atoms with Crippen molar-refractivity contribution in [3.05, 3.63) is 45.9 Å². The van der Waals surface area contributed by atoms with Crippen molar-refractivity contribution in [1.29, 1.82) is 0 Å². The van der Waals surface area contributed by atoms with Gasteiger partial charge < -0.3 is 10.1 Å². The van der Waals surface area contributed by atoms with Crippen molar-refractivity contribution >= 4 is 34.0 Å². The minimum atomic E-state index is -0.190. The highest BCUT2D eigenvalue weighted by Crippen LogP contribution is 2.24. The van der Waals surface area contributed by atoms with Gasteiger partial charge in [0.2, 0.25) is 5.91 Å². The van der Waals surface area contributed by atoms with E-state index in [2.05, 4.69) is 15.2 Å². The van der Waals surface area contributed by atoms with Gasteiger partial charge in [-0.3, -0.25) is 9.69 Å². The third kappa shape index (κ3) is 4.33. The summed E-state index contributed by atoms with van der Waals surface area (Å²) in [6.45, 7) is 4.83. The third-order valence-corrected chi connectivity index (χ3v) is 5.36. The van der Waals surface area contributed by atoms with E-state index in [9.17, 15) is 4.79 Å². The van der Waals surface area contributed by atoms with Crippen LogP contribution in [0.5, 0.6) is 0 Å². The van der Waals surface area contributed by atoms with Gasteiger partial charge in [-0.25, -0.2) is 4.98 Å². The zero-order valence-electron chi connectivity index (χ0n) is 13.5. The van der Waals surface area contributed by atoms with Gasteiger partial charge in [-0.2, -0.15) is 0 Å².